The number of rotatable bonds is 8. The maximum absolute atomic E-state index is 12.5. The minimum absolute atomic E-state index is 0.00395. The highest BCUT2D eigenvalue weighted by atomic mass is 79.9. The Bertz CT molecular complexity index is 923. The van der Waals surface area contributed by atoms with E-state index in [4.69, 9.17) is 26.5 Å². The first kappa shape index (κ1) is 20.6. The van der Waals surface area contributed by atoms with E-state index in [9.17, 15) is 9.59 Å². The van der Waals surface area contributed by atoms with Gasteiger partial charge < -0.3 is 14.3 Å². The molecule has 1 aromatic carbocycles. The van der Waals surface area contributed by atoms with Crippen LogP contribution in [0.4, 0.5) is 0 Å². The van der Waals surface area contributed by atoms with Gasteiger partial charge in [0.1, 0.15) is 28.2 Å². The van der Waals surface area contributed by atoms with E-state index in [1.54, 1.807) is 18.2 Å². The van der Waals surface area contributed by atoms with Gasteiger partial charge in [-0.25, -0.2) is 0 Å². The summed E-state index contributed by atoms with van der Waals surface area (Å²) in [6.45, 7) is 0.560. The number of aliphatic carboxylic acids is 1. The van der Waals surface area contributed by atoms with Crippen LogP contribution < -0.4 is 4.74 Å². The average molecular weight is 482 g/mol. The quantitative estimate of drug-likeness (QED) is 0.432. The van der Waals surface area contributed by atoms with E-state index in [1.165, 1.54) is 16.7 Å². The molecular weight excluding hydrogens is 466 g/mol. The predicted molar refractivity (Wildman–Crippen MR) is 114 cm³/mol. The van der Waals surface area contributed by atoms with Crippen LogP contribution in [0.1, 0.15) is 24.4 Å². The molecule has 146 valence electrons. The van der Waals surface area contributed by atoms with Gasteiger partial charge in [-0.1, -0.05) is 39.9 Å². The standard InChI is InChI=1S/C19H16BrNO5S2/c20-12-3-5-13(6-4-12)25-11-15-8-7-14(26-15)10-16-18(24)21(19(27)28-16)9-1-2-17(22)23/h3-8,10H,1-2,9,11H2,(H,22,23)/b16-10+. The minimum Gasteiger partial charge on any atom is -0.486 e. The molecule has 9 heteroatoms. The Morgan fingerprint density at radius 3 is 2.75 bits per heavy atom. The SMILES string of the molecule is O=C(O)CCCN1C(=O)/C(=C\c2ccc(COc3ccc(Br)cc3)o2)SC1=S. The molecule has 1 N–H and O–H groups in total. The molecule has 0 saturated carbocycles. The van der Waals surface area contributed by atoms with Crippen LogP contribution in [0.5, 0.6) is 5.75 Å². The zero-order valence-corrected chi connectivity index (χ0v) is 17.8. The highest BCUT2D eigenvalue weighted by Crippen LogP contribution is 2.33. The van der Waals surface area contributed by atoms with Gasteiger partial charge in [0, 0.05) is 23.5 Å². The number of thioether (sulfide) groups is 1. The Hall–Kier alpha value is -2.10. The third-order valence-corrected chi connectivity index (χ3v) is 5.70. The summed E-state index contributed by atoms with van der Waals surface area (Å²) in [5, 5.41) is 8.72. The van der Waals surface area contributed by atoms with Crippen molar-refractivity contribution < 1.29 is 23.8 Å². The number of benzene rings is 1. The summed E-state index contributed by atoms with van der Waals surface area (Å²) in [5.41, 5.74) is 0. The number of furan rings is 1. The molecule has 28 heavy (non-hydrogen) atoms. The molecule has 2 aromatic rings. The number of ether oxygens (including phenoxy) is 1. The lowest BCUT2D eigenvalue weighted by molar-refractivity contribution is -0.137. The molecule has 0 aliphatic carbocycles. The summed E-state index contributed by atoms with van der Waals surface area (Å²) in [5.74, 6) is 0.758. The third-order valence-electron chi connectivity index (χ3n) is 3.80. The Labute approximate surface area is 179 Å². The number of thiocarbonyl (C=S) groups is 1. The van der Waals surface area contributed by atoms with Gasteiger partial charge in [0.2, 0.25) is 0 Å². The number of carboxylic acid groups (broad SMARTS) is 1. The topological polar surface area (TPSA) is 80.0 Å². The summed E-state index contributed by atoms with van der Waals surface area (Å²) in [7, 11) is 0. The normalized spacial score (nSPS) is 15.5. The molecule has 0 atom stereocenters. The summed E-state index contributed by atoms with van der Waals surface area (Å²) < 4.78 is 12.8. The van der Waals surface area contributed by atoms with Gasteiger partial charge in [-0.05, 0) is 42.8 Å². The lowest BCUT2D eigenvalue weighted by Gasteiger charge is -2.13. The average Bonchev–Trinajstić information content (AvgIpc) is 3.20. The second kappa shape index (κ2) is 9.40. The van der Waals surface area contributed by atoms with Gasteiger partial charge >= 0.3 is 5.97 Å². The Morgan fingerprint density at radius 2 is 2.04 bits per heavy atom. The molecule has 1 aliphatic rings. The van der Waals surface area contributed by atoms with Gasteiger partial charge in [-0.3, -0.25) is 14.5 Å². The summed E-state index contributed by atoms with van der Waals surface area (Å²) in [6, 6.07) is 11.0. The number of carbonyl (C=O) groups excluding carboxylic acids is 1. The predicted octanol–water partition coefficient (Wildman–Crippen LogP) is 4.69. The van der Waals surface area contributed by atoms with Crippen LogP contribution in [-0.4, -0.2) is 32.7 Å². The van der Waals surface area contributed by atoms with Crippen LogP contribution >= 0.6 is 39.9 Å². The Kier molecular flexibility index (Phi) is 6.93. The van der Waals surface area contributed by atoms with Crippen molar-refractivity contribution in [2.45, 2.75) is 19.4 Å². The molecule has 1 saturated heterocycles. The number of amides is 1. The third kappa shape index (κ3) is 5.46. The zero-order chi connectivity index (χ0) is 20.1. The number of halogens is 1. The lowest BCUT2D eigenvalue weighted by atomic mass is 10.3. The Balaban J connectivity index is 1.59. The fourth-order valence-corrected chi connectivity index (χ4v) is 4.00. The highest BCUT2D eigenvalue weighted by Gasteiger charge is 2.31. The summed E-state index contributed by atoms with van der Waals surface area (Å²) in [6.07, 6.45) is 1.99. The molecule has 0 unspecified atom stereocenters. The Morgan fingerprint density at radius 1 is 1.29 bits per heavy atom. The summed E-state index contributed by atoms with van der Waals surface area (Å²) in [4.78, 5) is 25.0. The smallest absolute Gasteiger partial charge is 0.303 e. The maximum Gasteiger partial charge on any atom is 0.303 e. The van der Waals surface area contributed by atoms with Crippen molar-refractivity contribution in [2.75, 3.05) is 6.54 Å². The van der Waals surface area contributed by atoms with Crippen molar-refractivity contribution in [3.05, 3.63) is 57.3 Å². The van der Waals surface area contributed by atoms with Crippen LogP contribution in [-0.2, 0) is 16.2 Å². The van der Waals surface area contributed by atoms with E-state index < -0.39 is 5.97 Å². The largest absolute Gasteiger partial charge is 0.486 e. The van der Waals surface area contributed by atoms with Crippen LogP contribution in [0.2, 0.25) is 0 Å². The molecule has 3 rings (SSSR count). The van der Waals surface area contributed by atoms with Crippen LogP contribution in [0.25, 0.3) is 6.08 Å². The molecule has 1 aromatic heterocycles. The van der Waals surface area contributed by atoms with E-state index in [0.29, 0.717) is 33.7 Å². The number of hydrogen-bond donors (Lipinski definition) is 1. The molecule has 2 heterocycles. The maximum atomic E-state index is 12.5. The molecule has 0 radical (unpaired) electrons. The number of carboxylic acids is 1. The second-order valence-electron chi connectivity index (χ2n) is 5.88. The van der Waals surface area contributed by atoms with Crippen molar-refractivity contribution in [1.82, 2.24) is 4.90 Å². The first-order valence-electron chi connectivity index (χ1n) is 8.36. The van der Waals surface area contributed by atoms with E-state index in [2.05, 4.69) is 15.9 Å². The fourth-order valence-electron chi connectivity index (χ4n) is 2.45. The molecule has 6 nitrogen and oxygen atoms in total. The van der Waals surface area contributed by atoms with Crippen molar-refractivity contribution in [3.63, 3.8) is 0 Å². The molecular formula is C19H16BrNO5S2. The number of hydrogen-bond acceptors (Lipinski definition) is 6. The van der Waals surface area contributed by atoms with Crippen molar-refractivity contribution in [1.29, 1.82) is 0 Å². The van der Waals surface area contributed by atoms with Gasteiger partial charge in [0.05, 0.1) is 4.91 Å². The lowest BCUT2D eigenvalue weighted by Crippen LogP contribution is -2.29. The second-order valence-corrected chi connectivity index (χ2v) is 8.47. The van der Waals surface area contributed by atoms with E-state index in [-0.39, 0.29) is 18.9 Å². The molecule has 1 aliphatic heterocycles. The van der Waals surface area contributed by atoms with E-state index in [0.717, 1.165) is 10.2 Å². The number of carbonyl (C=O) groups is 2. The van der Waals surface area contributed by atoms with Crippen LogP contribution in [0.15, 0.2) is 50.2 Å². The monoisotopic (exact) mass is 481 g/mol. The van der Waals surface area contributed by atoms with E-state index in [1.807, 2.05) is 24.3 Å². The van der Waals surface area contributed by atoms with Gasteiger partial charge in [-0.15, -0.1) is 0 Å². The van der Waals surface area contributed by atoms with Crippen LogP contribution in [0.3, 0.4) is 0 Å². The van der Waals surface area contributed by atoms with Crippen molar-refractivity contribution in [2.24, 2.45) is 0 Å². The van der Waals surface area contributed by atoms with Gasteiger partial charge in [-0.2, -0.15) is 0 Å². The van der Waals surface area contributed by atoms with Crippen molar-refractivity contribution in [3.8, 4) is 5.75 Å². The van der Waals surface area contributed by atoms with Gasteiger partial charge in [0.25, 0.3) is 5.91 Å². The first-order valence-corrected chi connectivity index (χ1v) is 10.4. The van der Waals surface area contributed by atoms with Crippen molar-refractivity contribution >= 4 is 62.2 Å². The molecule has 1 fully saturated rings. The molecule has 0 spiro atoms. The zero-order valence-electron chi connectivity index (χ0n) is 14.6. The van der Waals surface area contributed by atoms with Gasteiger partial charge in [0.15, 0.2) is 0 Å². The fraction of sp³-hybridized carbons (Fsp3) is 0.211. The highest BCUT2D eigenvalue weighted by molar-refractivity contribution is 9.10. The number of nitrogens with zero attached hydrogens (tertiary/aromatic N) is 1. The summed E-state index contributed by atoms with van der Waals surface area (Å²) >= 11 is 9.78. The first-order chi connectivity index (χ1) is 13.4. The molecule has 0 bridgehead atoms. The van der Waals surface area contributed by atoms with Crippen LogP contribution in [0, 0.1) is 0 Å². The van der Waals surface area contributed by atoms with E-state index >= 15 is 0 Å². The minimum atomic E-state index is -0.894. The molecule has 1 amide bonds.